The third kappa shape index (κ3) is 4.34. The van der Waals surface area contributed by atoms with Crippen molar-refractivity contribution in [1.82, 2.24) is 15.4 Å². The zero-order valence-corrected chi connectivity index (χ0v) is 17.8. The van der Waals surface area contributed by atoms with E-state index in [0.29, 0.717) is 31.4 Å². The van der Waals surface area contributed by atoms with Crippen LogP contribution < -0.4 is 15.4 Å². The van der Waals surface area contributed by atoms with E-state index in [1.54, 1.807) is 6.08 Å². The van der Waals surface area contributed by atoms with Crippen molar-refractivity contribution in [2.45, 2.75) is 49.1 Å². The van der Waals surface area contributed by atoms with Crippen LogP contribution in [0, 0.1) is 17.2 Å². The van der Waals surface area contributed by atoms with Crippen molar-refractivity contribution in [3.63, 3.8) is 0 Å². The second kappa shape index (κ2) is 7.99. The van der Waals surface area contributed by atoms with Crippen LogP contribution in [0.2, 0.25) is 0 Å². The van der Waals surface area contributed by atoms with Gasteiger partial charge in [0.1, 0.15) is 11.6 Å². The van der Waals surface area contributed by atoms with E-state index >= 15 is 0 Å². The molecule has 2 unspecified atom stereocenters. The summed E-state index contributed by atoms with van der Waals surface area (Å²) in [7, 11) is -3.76. The highest BCUT2D eigenvalue weighted by Crippen LogP contribution is 2.45. The van der Waals surface area contributed by atoms with E-state index in [1.807, 2.05) is 6.92 Å². The van der Waals surface area contributed by atoms with Crippen molar-refractivity contribution in [3.05, 3.63) is 37.5 Å². The lowest BCUT2D eigenvalue weighted by atomic mass is 10.1. The standard InChI is InChI=1S/C20H28N4O5S/c1-5-11(3)17(21)29-14-8-15(22-10-14)18(25)23-20(9-13(20)6-2)19(26)24-30(27,28)16-7-12(16)4/h5-6,12-16,21-22H,1-3,7-10H2,4H3,(H,23,25)(H,24,26)/t12?,13-,14-,15+,16?,20-/m1/s1. The Balaban J connectivity index is 1.60. The van der Waals surface area contributed by atoms with Gasteiger partial charge in [-0.25, -0.2) is 8.42 Å². The molecule has 30 heavy (non-hydrogen) atoms. The largest absolute Gasteiger partial charge is 0.473 e. The quantitative estimate of drug-likeness (QED) is 0.178. The van der Waals surface area contributed by atoms with Gasteiger partial charge in [0.05, 0.1) is 11.3 Å². The van der Waals surface area contributed by atoms with E-state index in [0.717, 1.165) is 0 Å². The van der Waals surface area contributed by atoms with Crippen LogP contribution in [0.15, 0.2) is 37.5 Å². The average Bonchev–Trinajstić information content (AvgIpc) is 3.55. The monoisotopic (exact) mass is 436 g/mol. The van der Waals surface area contributed by atoms with Gasteiger partial charge in [-0.15, -0.1) is 6.58 Å². The molecule has 2 saturated carbocycles. The Labute approximate surface area is 176 Å². The van der Waals surface area contributed by atoms with Crippen molar-refractivity contribution < 1.29 is 22.7 Å². The van der Waals surface area contributed by atoms with Crippen LogP contribution in [0.3, 0.4) is 0 Å². The predicted molar refractivity (Wildman–Crippen MR) is 112 cm³/mol. The first-order chi connectivity index (χ1) is 14.0. The van der Waals surface area contributed by atoms with E-state index in [9.17, 15) is 18.0 Å². The molecule has 0 bridgehead atoms. The predicted octanol–water partition coefficient (Wildman–Crippen LogP) is 0.368. The highest BCUT2D eigenvalue weighted by Gasteiger charge is 2.61. The summed E-state index contributed by atoms with van der Waals surface area (Å²) in [5.74, 6) is -1.58. The summed E-state index contributed by atoms with van der Waals surface area (Å²) in [6.07, 6.45) is 3.67. The Kier molecular flexibility index (Phi) is 5.92. The van der Waals surface area contributed by atoms with Gasteiger partial charge in [0.25, 0.3) is 5.91 Å². The molecule has 0 aromatic rings. The zero-order chi connectivity index (χ0) is 22.3. The molecule has 2 amide bonds. The number of ether oxygens (including phenoxy) is 1. The first-order valence-electron chi connectivity index (χ1n) is 9.85. The Hall–Kier alpha value is -2.46. The van der Waals surface area contributed by atoms with Gasteiger partial charge in [0.2, 0.25) is 21.8 Å². The van der Waals surface area contributed by atoms with Gasteiger partial charge in [-0.1, -0.05) is 32.2 Å². The van der Waals surface area contributed by atoms with E-state index in [1.165, 1.54) is 6.08 Å². The molecule has 3 aliphatic rings. The Morgan fingerprint density at radius 2 is 1.97 bits per heavy atom. The highest BCUT2D eigenvalue weighted by molar-refractivity contribution is 7.91. The fourth-order valence-electron chi connectivity index (χ4n) is 3.69. The molecule has 0 aromatic heterocycles. The fourth-order valence-corrected chi connectivity index (χ4v) is 5.45. The van der Waals surface area contributed by atoms with Gasteiger partial charge in [0, 0.05) is 24.5 Å². The maximum atomic E-state index is 12.8. The highest BCUT2D eigenvalue weighted by atomic mass is 32.2. The van der Waals surface area contributed by atoms with E-state index in [2.05, 4.69) is 35.1 Å². The molecule has 6 atom stereocenters. The molecule has 1 heterocycles. The molecule has 9 nitrogen and oxygen atoms in total. The van der Waals surface area contributed by atoms with Gasteiger partial charge >= 0.3 is 0 Å². The number of hydrogen-bond donors (Lipinski definition) is 4. The van der Waals surface area contributed by atoms with Crippen molar-refractivity contribution in [2.24, 2.45) is 11.8 Å². The summed E-state index contributed by atoms with van der Waals surface area (Å²) in [4.78, 5) is 25.5. The van der Waals surface area contributed by atoms with Gasteiger partial charge in [-0.05, 0) is 18.8 Å². The van der Waals surface area contributed by atoms with E-state index in [4.69, 9.17) is 10.1 Å². The second-order valence-corrected chi connectivity index (χ2v) is 10.1. The molecule has 4 N–H and O–H groups in total. The second-order valence-electron chi connectivity index (χ2n) is 8.23. The smallest absolute Gasteiger partial charge is 0.259 e. The van der Waals surface area contributed by atoms with Gasteiger partial charge in [-0.3, -0.25) is 19.7 Å². The summed E-state index contributed by atoms with van der Waals surface area (Å²) in [6.45, 7) is 13.0. The third-order valence-electron chi connectivity index (χ3n) is 5.95. The lowest BCUT2D eigenvalue weighted by Crippen LogP contribution is -2.55. The number of sulfonamides is 1. The van der Waals surface area contributed by atoms with Crippen LogP contribution in [0.25, 0.3) is 0 Å². The summed E-state index contributed by atoms with van der Waals surface area (Å²) in [5, 5.41) is 13.0. The molecule has 2 aliphatic carbocycles. The molecule has 0 spiro atoms. The SMILES string of the molecule is C=CC(=C)C(=N)O[C@H]1CN[C@H](C(=O)N[C@]2(C(=O)NS(=O)(=O)C3CC3C)C[C@H]2C=C)C1. The Bertz CT molecular complexity index is 914. The molecular formula is C20H28N4O5S. The molecule has 164 valence electrons. The van der Waals surface area contributed by atoms with E-state index in [-0.39, 0.29) is 17.7 Å². The number of amides is 2. The first kappa shape index (κ1) is 22.2. The topological polar surface area (TPSA) is 137 Å². The van der Waals surface area contributed by atoms with Crippen LogP contribution >= 0.6 is 0 Å². The van der Waals surface area contributed by atoms with E-state index < -0.39 is 44.8 Å². The maximum Gasteiger partial charge on any atom is 0.259 e. The number of rotatable bonds is 9. The Morgan fingerprint density at radius 3 is 2.50 bits per heavy atom. The summed E-state index contributed by atoms with van der Waals surface area (Å²) in [5.41, 5.74) is -0.967. The summed E-state index contributed by atoms with van der Waals surface area (Å²) < 4.78 is 32.3. The minimum Gasteiger partial charge on any atom is -0.473 e. The first-order valence-corrected chi connectivity index (χ1v) is 11.4. The molecule has 10 heteroatoms. The van der Waals surface area contributed by atoms with Crippen LogP contribution in [-0.2, 0) is 24.3 Å². The molecule has 1 saturated heterocycles. The third-order valence-corrected chi connectivity index (χ3v) is 7.87. The summed E-state index contributed by atoms with van der Waals surface area (Å²) >= 11 is 0. The fraction of sp³-hybridized carbons (Fsp3) is 0.550. The van der Waals surface area contributed by atoms with Crippen molar-refractivity contribution in [3.8, 4) is 0 Å². The Morgan fingerprint density at radius 1 is 1.30 bits per heavy atom. The molecular weight excluding hydrogens is 408 g/mol. The molecule has 1 aliphatic heterocycles. The number of nitrogens with one attached hydrogen (secondary N) is 4. The minimum absolute atomic E-state index is 0.0192. The normalized spacial score (nSPS) is 34.4. The van der Waals surface area contributed by atoms with Gasteiger partial charge < -0.3 is 15.4 Å². The van der Waals surface area contributed by atoms with Crippen LogP contribution in [0.4, 0.5) is 0 Å². The maximum absolute atomic E-state index is 12.8. The van der Waals surface area contributed by atoms with Crippen LogP contribution in [-0.4, -0.2) is 55.6 Å². The van der Waals surface area contributed by atoms with Gasteiger partial charge in [-0.2, -0.15) is 0 Å². The number of carbonyl (C=O) groups excluding carboxylic acids is 2. The zero-order valence-electron chi connectivity index (χ0n) is 16.9. The minimum atomic E-state index is -3.76. The lowest BCUT2D eigenvalue weighted by molar-refractivity contribution is -0.130. The molecule has 0 aromatic carbocycles. The van der Waals surface area contributed by atoms with Crippen molar-refractivity contribution in [1.29, 1.82) is 5.41 Å². The van der Waals surface area contributed by atoms with Crippen molar-refractivity contribution >= 4 is 27.7 Å². The van der Waals surface area contributed by atoms with Crippen LogP contribution in [0.1, 0.15) is 26.2 Å². The molecule has 0 radical (unpaired) electrons. The molecule has 3 rings (SSSR count). The molecule has 3 fully saturated rings. The van der Waals surface area contributed by atoms with Crippen molar-refractivity contribution in [2.75, 3.05) is 6.54 Å². The summed E-state index contributed by atoms with van der Waals surface area (Å²) in [6, 6.07) is -0.629. The van der Waals surface area contributed by atoms with Gasteiger partial charge in [0.15, 0.2) is 0 Å². The number of carbonyl (C=O) groups is 2. The van der Waals surface area contributed by atoms with Crippen LogP contribution in [0.5, 0.6) is 0 Å². The number of hydrogen-bond acceptors (Lipinski definition) is 7. The average molecular weight is 437 g/mol. The lowest BCUT2D eigenvalue weighted by Gasteiger charge is -2.21.